The van der Waals surface area contributed by atoms with E-state index in [0.29, 0.717) is 6.04 Å². The van der Waals surface area contributed by atoms with Crippen molar-refractivity contribution in [1.29, 1.82) is 0 Å². The predicted octanol–water partition coefficient (Wildman–Crippen LogP) is 3.83. The van der Waals surface area contributed by atoms with E-state index in [9.17, 15) is 9.59 Å². The van der Waals surface area contributed by atoms with Gasteiger partial charge in [0, 0.05) is 31.1 Å². The minimum absolute atomic E-state index is 0.0889. The van der Waals surface area contributed by atoms with E-state index in [1.54, 1.807) is 0 Å². The Balaban J connectivity index is 1.69. The summed E-state index contributed by atoms with van der Waals surface area (Å²) in [6.45, 7) is 5.75. The number of amides is 3. The van der Waals surface area contributed by atoms with Crippen LogP contribution >= 0.6 is 0 Å². The molecule has 1 aliphatic carbocycles. The van der Waals surface area contributed by atoms with Crippen molar-refractivity contribution >= 4 is 11.9 Å². The maximum Gasteiger partial charge on any atom is 0.317 e. The molecule has 2 N–H and O–H groups in total. The SMILES string of the molecule is CCCCC(CC)C(=O)NC1CCN(C(=O)NC2CCCCC2)CC1. The van der Waals surface area contributed by atoms with E-state index in [0.717, 1.165) is 64.5 Å². The van der Waals surface area contributed by atoms with Gasteiger partial charge in [0.1, 0.15) is 0 Å². The van der Waals surface area contributed by atoms with Crippen LogP contribution in [0.4, 0.5) is 4.79 Å². The van der Waals surface area contributed by atoms with Gasteiger partial charge in [0.05, 0.1) is 0 Å². The molecule has 0 aromatic heterocycles. The zero-order valence-corrected chi connectivity index (χ0v) is 16.2. The Hall–Kier alpha value is -1.26. The molecule has 0 aromatic carbocycles. The molecule has 1 unspecified atom stereocenters. The second kappa shape index (κ2) is 10.7. The Morgan fingerprint density at radius 3 is 2.20 bits per heavy atom. The Kier molecular flexibility index (Phi) is 8.56. The molecular weight excluding hydrogens is 314 g/mol. The zero-order chi connectivity index (χ0) is 18.1. The molecule has 3 amide bonds. The standard InChI is InChI=1S/C20H37N3O2/c1-3-5-9-16(4-2)19(24)21-18-12-14-23(15-13-18)20(25)22-17-10-7-6-8-11-17/h16-18H,3-15H2,1-2H3,(H,21,24)(H,22,25). The van der Waals surface area contributed by atoms with Gasteiger partial charge in [-0.05, 0) is 38.5 Å². The Morgan fingerprint density at radius 2 is 1.60 bits per heavy atom. The summed E-state index contributed by atoms with van der Waals surface area (Å²) < 4.78 is 0. The Labute approximate surface area is 153 Å². The maximum absolute atomic E-state index is 12.4. The molecule has 25 heavy (non-hydrogen) atoms. The van der Waals surface area contributed by atoms with Crippen LogP contribution in [-0.2, 0) is 4.79 Å². The molecule has 1 atom stereocenters. The zero-order valence-electron chi connectivity index (χ0n) is 16.2. The molecule has 1 saturated heterocycles. The second-order valence-electron chi connectivity index (χ2n) is 7.80. The van der Waals surface area contributed by atoms with Gasteiger partial charge in [0.15, 0.2) is 0 Å². The molecule has 1 heterocycles. The Bertz CT molecular complexity index is 413. The summed E-state index contributed by atoms with van der Waals surface area (Å²) >= 11 is 0. The predicted molar refractivity (Wildman–Crippen MR) is 101 cm³/mol. The average Bonchev–Trinajstić information content (AvgIpc) is 2.63. The number of likely N-dealkylation sites (tertiary alicyclic amines) is 1. The van der Waals surface area contributed by atoms with E-state index in [1.807, 2.05) is 4.90 Å². The number of nitrogens with one attached hydrogen (secondary N) is 2. The molecule has 1 aliphatic heterocycles. The van der Waals surface area contributed by atoms with Gasteiger partial charge in [-0.25, -0.2) is 4.79 Å². The fraction of sp³-hybridized carbons (Fsp3) is 0.900. The monoisotopic (exact) mass is 351 g/mol. The summed E-state index contributed by atoms with van der Waals surface area (Å²) in [6.07, 6.45) is 11.9. The van der Waals surface area contributed by atoms with Crippen LogP contribution in [0.1, 0.15) is 84.5 Å². The first-order valence-electron chi connectivity index (χ1n) is 10.5. The van der Waals surface area contributed by atoms with Gasteiger partial charge >= 0.3 is 6.03 Å². The molecule has 0 aromatic rings. The van der Waals surface area contributed by atoms with Crippen LogP contribution in [0.3, 0.4) is 0 Å². The van der Waals surface area contributed by atoms with Gasteiger partial charge in [-0.2, -0.15) is 0 Å². The smallest absolute Gasteiger partial charge is 0.317 e. The first-order chi connectivity index (χ1) is 12.1. The number of unbranched alkanes of at least 4 members (excludes halogenated alkanes) is 1. The van der Waals surface area contributed by atoms with Crippen molar-refractivity contribution in [2.75, 3.05) is 13.1 Å². The molecule has 2 fully saturated rings. The lowest BCUT2D eigenvalue weighted by atomic mass is 9.95. The minimum Gasteiger partial charge on any atom is -0.353 e. The third-order valence-electron chi connectivity index (χ3n) is 5.83. The number of piperidine rings is 1. The van der Waals surface area contributed by atoms with Crippen molar-refractivity contribution < 1.29 is 9.59 Å². The number of rotatable bonds is 7. The van der Waals surface area contributed by atoms with E-state index in [2.05, 4.69) is 24.5 Å². The highest BCUT2D eigenvalue weighted by atomic mass is 16.2. The molecule has 144 valence electrons. The van der Waals surface area contributed by atoms with Crippen LogP contribution in [0.5, 0.6) is 0 Å². The van der Waals surface area contributed by atoms with Crippen molar-refractivity contribution in [3.63, 3.8) is 0 Å². The van der Waals surface area contributed by atoms with Crippen LogP contribution in [0.2, 0.25) is 0 Å². The lowest BCUT2D eigenvalue weighted by Crippen LogP contribution is -2.52. The molecule has 0 radical (unpaired) electrons. The fourth-order valence-electron chi connectivity index (χ4n) is 4.03. The van der Waals surface area contributed by atoms with Gasteiger partial charge in [-0.3, -0.25) is 4.79 Å². The van der Waals surface area contributed by atoms with Crippen LogP contribution in [0.15, 0.2) is 0 Å². The lowest BCUT2D eigenvalue weighted by Gasteiger charge is -2.34. The van der Waals surface area contributed by atoms with E-state index in [-0.39, 0.29) is 23.9 Å². The van der Waals surface area contributed by atoms with Gasteiger partial charge in [-0.15, -0.1) is 0 Å². The minimum atomic E-state index is 0.0889. The summed E-state index contributed by atoms with van der Waals surface area (Å²) in [5.41, 5.74) is 0. The number of hydrogen-bond acceptors (Lipinski definition) is 2. The van der Waals surface area contributed by atoms with Crippen LogP contribution < -0.4 is 10.6 Å². The molecule has 2 rings (SSSR count). The number of carbonyl (C=O) groups is 2. The number of carbonyl (C=O) groups excluding carboxylic acids is 2. The first kappa shape index (κ1) is 20.1. The molecular formula is C20H37N3O2. The number of urea groups is 1. The van der Waals surface area contributed by atoms with Gasteiger partial charge in [0.2, 0.25) is 5.91 Å². The lowest BCUT2D eigenvalue weighted by molar-refractivity contribution is -0.126. The summed E-state index contributed by atoms with van der Waals surface area (Å²) in [5.74, 6) is 0.355. The summed E-state index contributed by atoms with van der Waals surface area (Å²) in [6, 6.07) is 0.676. The third-order valence-corrected chi connectivity index (χ3v) is 5.83. The van der Waals surface area contributed by atoms with E-state index < -0.39 is 0 Å². The summed E-state index contributed by atoms with van der Waals surface area (Å²) in [5, 5.41) is 6.42. The van der Waals surface area contributed by atoms with Crippen molar-refractivity contribution in [1.82, 2.24) is 15.5 Å². The van der Waals surface area contributed by atoms with Crippen LogP contribution in [0, 0.1) is 5.92 Å². The maximum atomic E-state index is 12.4. The third kappa shape index (κ3) is 6.52. The fourth-order valence-corrected chi connectivity index (χ4v) is 4.03. The summed E-state index contributed by atoms with van der Waals surface area (Å²) in [7, 11) is 0. The highest BCUT2D eigenvalue weighted by Gasteiger charge is 2.27. The first-order valence-corrected chi connectivity index (χ1v) is 10.5. The second-order valence-corrected chi connectivity index (χ2v) is 7.80. The van der Waals surface area contributed by atoms with Crippen LogP contribution in [0.25, 0.3) is 0 Å². The normalized spacial score (nSPS) is 21.0. The van der Waals surface area contributed by atoms with Crippen molar-refractivity contribution in [2.45, 2.75) is 96.6 Å². The highest BCUT2D eigenvalue weighted by molar-refractivity contribution is 5.79. The van der Waals surface area contributed by atoms with E-state index >= 15 is 0 Å². The number of hydrogen-bond donors (Lipinski definition) is 2. The van der Waals surface area contributed by atoms with Gasteiger partial charge in [0.25, 0.3) is 0 Å². The molecule has 5 heteroatoms. The molecule has 1 saturated carbocycles. The molecule has 0 spiro atoms. The topological polar surface area (TPSA) is 61.4 Å². The van der Waals surface area contributed by atoms with Gasteiger partial charge < -0.3 is 15.5 Å². The molecule has 5 nitrogen and oxygen atoms in total. The van der Waals surface area contributed by atoms with Gasteiger partial charge in [-0.1, -0.05) is 46.0 Å². The van der Waals surface area contributed by atoms with E-state index in [4.69, 9.17) is 0 Å². The quantitative estimate of drug-likeness (QED) is 0.732. The highest BCUT2D eigenvalue weighted by Crippen LogP contribution is 2.19. The van der Waals surface area contributed by atoms with E-state index in [1.165, 1.54) is 19.3 Å². The van der Waals surface area contributed by atoms with Crippen molar-refractivity contribution in [2.24, 2.45) is 5.92 Å². The van der Waals surface area contributed by atoms with Crippen molar-refractivity contribution in [3.05, 3.63) is 0 Å². The molecule has 2 aliphatic rings. The van der Waals surface area contributed by atoms with Crippen LogP contribution in [-0.4, -0.2) is 42.0 Å². The average molecular weight is 352 g/mol. The summed E-state index contributed by atoms with van der Waals surface area (Å²) in [4.78, 5) is 26.7. The molecule has 0 bridgehead atoms. The largest absolute Gasteiger partial charge is 0.353 e. The number of nitrogens with zero attached hydrogens (tertiary/aromatic N) is 1. The van der Waals surface area contributed by atoms with Crippen molar-refractivity contribution in [3.8, 4) is 0 Å². The Morgan fingerprint density at radius 1 is 0.960 bits per heavy atom.